The van der Waals surface area contributed by atoms with E-state index in [1.54, 1.807) is 17.8 Å². The summed E-state index contributed by atoms with van der Waals surface area (Å²) in [5.74, 6) is -0.0286. The summed E-state index contributed by atoms with van der Waals surface area (Å²) in [6.07, 6.45) is 1.43. The van der Waals surface area contributed by atoms with Crippen LogP contribution in [0.2, 0.25) is 0 Å². The molecule has 0 radical (unpaired) electrons. The van der Waals surface area contributed by atoms with Crippen molar-refractivity contribution in [3.8, 4) is 0 Å². The molecule has 0 bridgehead atoms. The van der Waals surface area contributed by atoms with Gasteiger partial charge in [0.15, 0.2) is 0 Å². The second-order valence-electron chi connectivity index (χ2n) is 2.93. The number of nitrogen functional groups attached to an aromatic ring is 1. The first-order valence-corrected chi connectivity index (χ1v) is 5.04. The molecule has 1 fully saturated rings. The molecule has 74 valence electrons. The van der Waals surface area contributed by atoms with E-state index in [0.717, 1.165) is 18.2 Å². The molecule has 5 nitrogen and oxygen atoms in total. The first kappa shape index (κ1) is 9.42. The molecule has 0 saturated carbocycles. The highest BCUT2D eigenvalue weighted by molar-refractivity contribution is 8.00. The van der Waals surface area contributed by atoms with E-state index in [2.05, 4.69) is 9.97 Å². The third-order valence-electron chi connectivity index (χ3n) is 1.81. The first-order chi connectivity index (χ1) is 6.75. The van der Waals surface area contributed by atoms with E-state index in [0.29, 0.717) is 10.9 Å². The molecule has 2 rings (SSSR count). The van der Waals surface area contributed by atoms with Crippen LogP contribution in [0.25, 0.3) is 0 Å². The minimum absolute atomic E-state index is 0.0286. The highest BCUT2D eigenvalue weighted by Crippen LogP contribution is 2.26. The molecule has 2 heterocycles. The van der Waals surface area contributed by atoms with Crippen LogP contribution in [-0.4, -0.2) is 34.3 Å². The van der Waals surface area contributed by atoms with Gasteiger partial charge in [0.05, 0.1) is 18.5 Å². The minimum atomic E-state index is -0.0286. The molecule has 0 aromatic carbocycles. The molecule has 0 aliphatic carbocycles. The maximum absolute atomic E-state index is 7.23. The number of aromatic nitrogens is 2. The zero-order chi connectivity index (χ0) is 9.97. The molecular weight excluding hydrogens is 200 g/mol. The average Bonchev–Trinajstić information content (AvgIpc) is 2.12. The summed E-state index contributed by atoms with van der Waals surface area (Å²) >= 11 is 1.63. The summed E-state index contributed by atoms with van der Waals surface area (Å²) in [6.45, 7) is 1.54. The van der Waals surface area contributed by atoms with Gasteiger partial charge in [-0.05, 0) is 6.07 Å². The summed E-state index contributed by atoms with van der Waals surface area (Å²) in [5.41, 5.74) is 5.79. The van der Waals surface area contributed by atoms with Crippen LogP contribution in [0.5, 0.6) is 0 Å². The molecule has 1 aliphatic heterocycles. The van der Waals surface area contributed by atoms with Crippen molar-refractivity contribution in [1.82, 2.24) is 9.97 Å². The number of hydrogen-bond donors (Lipinski definition) is 2. The summed E-state index contributed by atoms with van der Waals surface area (Å²) in [6, 6.07) is 1.73. The molecular formula is C8H10N4OS. The first-order valence-electron chi connectivity index (χ1n) is 4.16. The predicted molar refractivity (Wildman–Crippen MR) is 53.5 cm³/mol. The van der Waals surface area contributed by atoms with Crippen LogP contribution in [0.15, 0.2) is 17.4 Å². The quantitative estimate of drug-likeness (QED) is 0.424. The van der Waals surface area contributed by atoms with Gasteiger partial charge in [-0.25, -0.2) is 9.97 Å². The van der Waals surface area contributed by atoms with Crippen LogP contribution in [-0.2, 0) is 4.74 Å². The molecule has 0 spiro atoms. The molecule has 0 unspecified atom stereocenters. The normalized spacial score (nSPS) is 16.3. The summed E-state index contributed by atoms with van der Waals surface area (Å²) in [5, 5.41) is 8.55. The number of hydrogen-bond acceptors (Lipinski definition) is 5. The number of nitrogens with one attached hydrogen (secondary N) is 1. The highest BCUT2D eigenvalue weighted by Gasteiger charge is 2.20. The maximum atomic E-state index is 7.23. The molecule has 1 aromatic rings. The fourth-order valence-electron chi connectivity index (χ4n) is 1.00. The average molecular weight is 210 g/mol. The predicted octanol–water partition coefficient (Wildman–Crippen LogP) is 0.252. The van der Waals surface area contributed by atoms with Gasteiger partial charge in [-0.2, -0.15) is 0 Å². The number of thioether (sulfide) groups is 1. The van der Waals surface area contributed by atoms with E-state index in [1.807, 2.05) is 0 Å². The number of nitrogens with zero attached hydrogens (tertiary/aromatic N) is 2. The lowest BCUT2D eigenvalue weighted by Gasteiger charge is -2.24. The lowest BCUT2D eigenvalue weighted by atomic mass is 10.4. The Balaban J connectivity index is 2.09. The van der Waals surface area contributed by atoms with Crippen molar-refractivity contribution in [2.45, 2.75) is 10.3 Å². The van der Waals surface area contributed by atoms with E-state index in [4.69, 9.17) is 15.9 Å². The van der Waals surface area contributed by atoms with E-state index >= 15 is 0 Å². The third-order valence-corrected chi connectivity index (χ3v) is 2.88. The van der Waals surface area contributed by atoms with Gasteiger partial charge >= 0.3 is 0 Å². The molecule has 1 aromatic heterocycles. The second kappa shape index (κ2) is 3.93. The fraction of sp³-hybridized carbons (Fsp3) is 0.375. The van der Waals surface area contributed by atoms with Gasteiger partial charge < -0.3 is 10.5 Å². The van der Waals surface area contributed by atoms with Gasteiger partial charge in [-0.3, -0.25) is 5.41 Å². The SMILES string of the molecule is N=C(N)c1cc(SC2COC2)ncn1. The molecule has 6 heteroatoms. The van der Waals surface area contributed by atoms with Crippen LogP contribution < -0.4 is 5.73 Å². The number of nitrogens with two attached hydrogens (primary N) is 1. The van der Waals surface area contributed by atoms with Crippen molar-refractivity contribution in [1.29, 1.82) is 5.41 Å². The Morgan fingerprint density at radius 2 is 2.36 bits per heavy atom. The van der Waals surface area contributed by atoms with Crippen molar-refractivity contribution < 1.29 is 4.74 Å². The summed E-state index contributed by atoms with van der Waals surface area (Å²) in [7, 11) is 0. The van der Waals surface area contributed by atoms with E-state index < -0.39 is 0 Å². The van der Waals surface area contributed by atoms with Gasteiger partial charge in [0.1, 0.15) is 22.9 Å². The van der Waals surface area contributed by atoms with Gasteiger partial charge in [-0.15, -0.1) is 0 Å². The summed E-state index contributed by atoms with van der Waals surface area (Å²) in [4.78, 5) is 7.97. The Bertz CT molecular complexity index is 353. The smallest absolute Gasteiger partial charge is 0.141 e. The minimum Gasteiger partial charge on any atom is -0.382 e. The van der Waals surface area contributed by atoms with Crippen LogP contribution in [0, 0.1) is 5.41 Å². The van der Waals surface area contributed by atoms with E-state index in [1.165, 1.54) is 6.33 Å². The largest absolute Gasteiger partial charge is 0.382 e. The highest BCUT2D eigenvalue weighted by atomic mass is 32.2. The second-order valence-corrected chi connectivity index (χ2v) is 4.25. The lowest BCUT2D eigenvalue weighted by molar-refractivity contribution is 0.0454. The zero-order valence-corrected chi connectivity index (χ0v) is 8.25. The van der Waals surface area contributed by atoms with Crippen molar-refractivity contribution in [3.63, 3.8) is 0 Å². The fourth-order valence-corrected chi connectivity index (χ4v) is 1.96. The van der Waals surface area contributed by atoms with Gasteiger partial charge in [0.2, 0.25) is 0 Å². The number of amidine groups is 1. The topological polar surface area (TPSA) is 84.9 Å². The van der Waals surface area contributed by atoms with E-state index in [9.17, 15) is 0 Å². The molecule has 1 saturated heterocycles. The standard InChI is InChI=1S/C8H10N4OS/c9-8(10)6-1-7(12-4-11-6)14-5-2-13-3-5/h1,4-5H,2-3H2,(H3,9,10). The van der Waals surface area contributed by atoms with Crippen LogP contribution in [0.4, 0.5) is 0 Å². The Labute approximate surface area is 85.6 Å². The van der Waals surface area contributed by atoms with Crippen LogP contribution in [0.3, 0.4) is 0 Å². The maximum Gasteiger partial charge on any atom is 0.141 e. The third kappa shape index (κ3) is 2.02. The lowest BCUT2D eigenvalue weighted by Crippen LogP contribution is -2.30. The summed E-state index contributed by atoms with van der Waals surface area (Å²) < 4.78 is 5.05. The van der Waals surface area contributed by atoms with Crippen molar-refractivity contribution in [2.24, 2.45) is 5.73 Å². The Kier molecular flexibility index (Phi) is 2.64. The molecule has 3 N–H and O–H groups in total. The monoisotopic (exact) mass is 210 g/mol. The van der Waals surface area contributed by atoms with Crippen LogP contribution >= 0.6 is 11.8 Å². The van der Waals surface area contributed by atoms with Crippen molar-refractivity contribution >= 4 is 17.6 Å². The van der Waals surface area contributed by atoms with Gasteiger partial charge in [0, 0.05) is 0 Å². The van der Waals surface area contributed by atoms with E-state index in [-0.39, 0.29) is 5.84 Å². The Morgan fingerprint density at radius 1 is 1.57 bits per heavy atom. The molecule has 0 atom stereocenters. The molecule has 0 amide bonds. The molecule has 1 aliphatic rings. The molecule has 14 heavy (non-hydrogen) atoms. The number of ether oxygens (including phenoxy) is 1. The van der Waals surface area contributed by atoms with Crippen molar-refractivity contribution in [3.05, 3.63) is 18.1 Å². The zero-order valence-electron chi connectivity index (χ0n) is 7.43. The van der Waals surface area contributed by atoms with Gasteiger partial charge in [0.25, 0.3) is 0 Å². The van der Waals surface area contributed by atoms with Crippen LogP contribution in [0.1, 0.15) is 5.69 Å². The van der Waals surface area contributed by atoms with Crippen molar-refractivity contribution in [2.75, 3.05) is 13.2 Å². The Hall–Kier alpha value is -1.14. The van der Waals surface area contributed by atoms with Gasteiger partial charge in [-0.1, -0.05) is 11.8 Å². The number of rotatable bonds is 3. The Morgan fingerprint density at radius 3 is 2.93 bits per heavy atom.